The molecule has 1 saturated heterocycles. The van der Waals surface area contributed by atoms with Crippen LogP contribution in [0.25, 0.3) is 11.1 Å². The van der Waals surface area contributed by atoms with Gasteiger partial charge in [-0.1, -0.05) is 19.9 Å². The summed E-state index contributed by atoms with van der Waals surface area (Å²) in [6.45, 7) is 5.28. The van der Waals surface area contributed by atoms with Gasteiger partial charge in [0.1, 0.15) is 29.1 Å². The summed E-state index contributed by atoms with van der Waals surface area (Å²) in [5.74, 6) is 2.76. The van der Waals surface area contributed by atoms with Crippen LogP contribution in [-0.2, 0) is 10.3 Å². The fourth-order valence-electron chi connectivity index (χ4n) is 3.98. The molecule has 2 atom stereocenters. The second-order valence-corrected chi connectivity index (χ2v) is 8.08. The molecule has 3 heterocycles. The Morgan fingerprint density at radius 3 is 2.53 bits per heavy atom. The number of hydrogen-bond acceptors (Lipinski definition) is 7. The molecule has 1 aromatic heterocycles. The number of rotatable bonds is 4. The Bertz CT molecular complexity index is 1070. The number of hydrogen-bond donors (Lipinski definition) is 2. The zero-order valence-corrected chi connectivity index (χ0v) is 17.0. The van der Waals surface area contributed by atoms with Crippen LogP contribution in [0, 0.1) is 5.92 Å². The number of ether oxygens (including phenoxy) is 3. The maximum atomic E-state index is 6.25. The van der Waals surface area contributed by atoms with E-state index in [1.165, 1.54) is 6.33 Å². The minimum atomic E-state index is -0.634. The van der Waals surface area contributed by atoms with E-state index in [4.69, 9.17) is 19.9 Å². The van der Waals surface area contributed by atoms with Crippen molar-refractivity contribution in [2.24, 2.45) is 11.7 Å². The van der Waals surface area contributed by atoms with Crippen LogP contribution in [0.2, 0.25) is 0 Å². The molecule has 7 nitrogen and oxygen atoms in total. The van der Waals surface area contributed by atoms with Crippen molar-refractivity contribution >= 4 is 0 Å². The molecule has 1 fully saturated rings. The number of benzene rings is 2. The van der Waals surface area contributed by atoms with Gasteiger partial charge in [-0.05, 0) is 41.8 Å². The summed E-state index contributed by atoms with van der Waals surface area (Å²) in [5.41, 5.74) is 9.32. The SMILES string of the molecule is CC(C)COc1ccc2c(c1)[C@]1(COC(N)N1)c1cc(-c3cncnc3)ccc1O2. The zero-order chi connectivity index (χ0) is 20.7. The zero-order valence-electron chi connectivity index (χ0n) is 17.0. The van der Waals surface area contributed by atoms with Crippen molar-refractivity contribution in [2.45, 2.75) is 25.7 Å². The van der Waals surface area contributed by atoms with Crippen molar-refractivity contribution in [3.63, 3.8) is 0 Å². The lowest BCUT2D eigenvalue weighted by Crippen LogP contribution is -2.47. The molecule has 0 bridgehead atoms. The normalized spacial score (nSPS) is 21.9. The molecule has 5 rings (SSSR count). The molecule has 2 aliphatic heterocycles. The van der Waals surface area contributed by atoms with Crippen LogP contribution in [-0.4, -0.2) is 29.5 Å². The lowest BCUT2D eigenvalue weighted by atomic mass is 9.80. The molecule has 30 heavy (non-hydrogen) atoms. The third-order valence-corrected chi connectivity index (χ3v) is 5.42. The van der Waals surface area contributed by atoms with Crippen molar-refractivity contribution in [1.29, 1.82) is 0 Å². The van der Waals surface area contributed by atoms with Gasteiger partial charge < -0.3 is 14.2 Å². The van der Waals surface area contributed by atoms with E-state index in [2.05, 4.69) is 35.2 Å². The quantitative estimate of drug-likeness (QED) is 0.689. The van der Waals surface area contributed by atoms with Crippen LogP contribution in [0.15, 0.2) is 55.1 Å². The van der Waals surface area contributed by atoms with E-state index in [0.717, 1.165) is 39.5 Å². The van der Waals surface area contributed by atoms with Gasteiger partial charge in [0.2, 0.25) is 0 Å². The minimum Gasteiger partial charge on any atom is -0.493 e. The van der Waals surface area contributed by atoms with Gasteiger partial charge in [0, 0.05) is 29.1 Å². The van der Waals surface area contributed by atoms with E-state index in [-0.39, 0.29) is 0 Å². The highest BCUT2D eigenvalue weighted by molar-refractivity contribution is 5.68. The van der Waals surface area contributed by atoms with Crippen molar-refractivity contribution in [2.75, 3.05) is 13.2 Å². The van der Waals surface area contributed by atoms with Gasteiger partial charge in [-0.3, -0.25) is 11.1 Å². The first-order chi connectivity index (χ1) is 14.5. The van der Waals surface area contributed by atoms with Crippen molar-refractivity contribution < 1.29 is 14.2 Å². The monoisotopic (exact) mass is 404 g/mol. The summed E-state index contributed by atoms with van der Waals surface area (Å²) < 4.78 is 18.0. The second kappa shape index (κ2) is 7.36. The van der Waals surface area contributed by atoms with Crippen LogP contribution in [0.5, 0.6) is 17.2 Å². The smallest absolute Gasteiger partial charge is 0.162 e. The highest BCUT2D eigenvalue weighted by Gasteiger charge is 2.48. The molecule has 3 aromatic rings. The molecular formula is C23H24N4O3. The Balaban J connectivity index is 1.62. The molecule has 0 amide bonds. The highest BCUT2D eigenvalue weighted by atomic mass is 16.5. The summed E-state index contributed by atoms with van der Waals surface area (Å²) in [6.07, 6.45) is 4.53. The van der Waals surface area contributed by atoms with E-state index in [9.17, 15) is 0 Å². The Hall–Kier alpha value is -3.00. The first kappa shape index (κ1) is 19.0. The fraction of sp³-hybridized carbons (Fsp3) is 0.304. The predicted octanol–water partition coefficient (Wildman–Crippen LogP) is 3.39. The first-order valence-electron chi connectivity index (χ1n) is 10.1. The van der Waals surface area contributed by atoms with E-state index < -0.39 is 11.9 Å². The molecule has 7 heteroatoms. The van der Waals surface area contributed by atoms with Crippen LogP contribution < -0.4 is 20.5 Å². The lowest BCUT2D eigenvalue weighted by molar-refractivity contribution is 0.103. The van der Waals surface area contributed by atoms with Gasteiger partial charge in [0.15, 0.2) is 6.35 Å². The summed E-state index contributed by atoms with van der Waals surface area (Å²) >= 11 is 0. The minimum absolute atomic E-state index is 0.389. The van der Waals surface area contributed by atoms with E-state index in [1.54, 1.807) is 12.4 Å². The van der Waals surface area contributed by atoms with E-state index in [0.29, 0.717) is 19.1 Å². The number of fused-ring (bicyclic) bond motifs is 4. The van der Waals surface area contributed by atoms with Gasteiger partial charge >= 0.3 is 0 Å². The van der Waals surface area contributed by atoms with Gasteiger partial charge in [0.25, 0.3) is 0 Å². The Morgan fingerprint density at radius 1 is 1.10 bits per heavy atom. The predicted molar refractivity (Wildman–Crippen MR) is 112 cm³/mol. The van der Waals surface area contributed by atoms with Gasteiger partial charge in [-0.25, -0.2) is 9.97 Å². The van der Waals surface area contributed by atoms with E-state index >= 15 is 0 Å². The van der Waals surface area contributed by atoms with Crippen LogP contribution in [0.4, 0.5) is 0 Å². The molecule has 3 N–H and O–H groups in total. The molecule has 154 valence electrons. The van der Waals surface area contributed by atoms with Gasteiger partial charge in [-0.2, -0.15) is 0 Å². The largest absolute Gasteiger partial charge is 0.493 e. The van der Waals surface area contributed by atoms with Crippen molar-refractivity contribution in [1.82, 2.24) is 15.3 Å². The standard InChI is InChI=1S/C23H24N4O3/c1-14(2)11-28-17-4-6-21-19(8-17)23(12-29-22(24)27-23)18-7-15(3-5-20(18)30-21)16-9-25-13-26-10-16/h3-10,13-14,22,27H,11-12,24H2,1-2H3/t22?,23-/m0/s1. The number of aromatic nitrogens is 2. The fourth-order valence-corrected chi connectivity index (χ4v) is 3.98. The van der Waals surface area contributed by atoms with Gasteiger partial charge in [-0.15, -0.1) is 0 Å². The Labute approximate surface area is 175 Å². The molecule has 1 unspecified atom stereocenters. The lowest BCUT2D eigenvalue weighted by Gasteiger charge is -2.37. The van der Waals surface area contributed by atoms with Gasteiger partial charge in [0.05, 0.1) is 13.2 Å². The Morgan fingerprint density at radius 2 is 1.83 bits per heavy atom. The molecule has 1 spiro atoms. The van der Waals surface area contributed by atoms with Crippen molar-refractivity contribution in [3.05, 3.63) is 66.2 Å². The van der Waals surface area contributed by atoms with Crippen LogP contribution in [0.3, 0.4) is 0 Å². The Kier molecular flexibility index (Phi) is 4.66. The average Bonchev–Trinajstić information content (AvgIpc) is 3.15. The average molecular weight is 404 g/mol. The number of nitrogens with two attached hydrogens (primary N) is 1. The molecule has 0 aliphatic carbocycles. The molecule has 2 aliphatic rings. The maximum Gasteiger partial charge on any atom is 0.162 e. The van der Waals surface area contributed by atoms with Crippen LogP contribution >= 0.6 is 0 Å². The summed E-state index contributed by atoms with van der Waals surface area (Å²) in [4.78, 5) is 8.27. The maximum absolute atomic E-state index is 6.25. The highest BCUT2D eigenvalue weighted by Crippen LogP contribution is 2.50. The van der Waals surface area contributed by atoms with E-state index in [1.807, 2.05) is 30.3 Å². The molecule has 2 aromatic carbocycles. The summed E-state index contributed by atoms with van der Waals surface area (Å²) in [5, 5.41) is 3.44. The number of nitrogens with zero attached hydrogens (tertiary/aromatic N) is 2. The third-order valence-electron chi connectivity index (χ3n) is 5.42. The van der Waals surface area contributed by atoms with Crippen LogP contribution in [0.1, 0.15) is 25.0 Å². The topological polar surface area (TPSA) is 91.5 Å². The summed E-state index contributed by atoms with van der Waals surface area (Å²) in [6, 6.07) is 12.0. The first-order valence-corrected chi connectivity index (χ1v) is 10.1. The molecule has 0 radical (unpaired) electrons. The second-order valence-electron chi connectivity index (χ2n) is 8.08. The third kappa shape index (κ3) is 3.21. The molecule has 0 saturated carbocycles. The van der Waals surface area contributed by atoms with Crippen molar-refractivity contribution in [3.8, 4) is 28.4 Å². The molecular weight excluding hydrogens is 380 g/mol. The summed E-state index contributed by atoms with van der Waals surface area (Å²) in [7, 11) is 0. The number of nitrogens with one attached hydrogen (secondary N) is 1.